The van der Waals surface area contributed by atoms with Crippen LogP contribution in [0.15, 0.2) is 90.2 Å². The molecule has 0 saturated carbocycles. The van der Waals surface area contributed by atoms with E-state index in [2.05, 4.69) is 5.10 Å². The lowest BCUT2D eigenvalue weighted by Crippen LogP contribution is -2.25. The number of benzene rings is 3. The van der Waals surface area contributed by atoms with E-state index in [-0.39, 0.29) is 0 Å². The first kappa shape index (κ1) is 22.9. The maximum atomic E-state index is 12.7. The summed E-state index contributed by atoms with van der Waals surface area (Å²) in [5, 5.41) is 9.50. The summed E-state index contributed by atoms with van der Waals surface area (Å²) in [6.07, 6.45) is 3.55. The molecule has 7 nitrogen and oxygen atoms in total. The minimum atomic E-state index is -3.59. The van der Waals surface area contributed by atoms with Crippen molar-refractivity contribution >= 4 is 15.7 Å². The normalized spacial score (nSPS) is 15.8. The van der Waals surface area contributed by atoms with Crippen LogP contribution in [-0.2, 0) is 10.0 Å². The fraction of sp³-hybridized carbons (Fsp3) is 0.185. The zero-order valence-electron chi connectivity index (χ0n) is 19.8. The van der Waals surface area contributed by atoms with E-state index in [0.29, 0.717) is 23.6 Å². The number of aryl methyl sites for hydroxylation is 1. The van der Waals surface area contributed by atoms with Crippen molar-refractivity contribution in [2.45, 2.75) is 19.4 Å². The first-order valence-corrected chi connectivity index (χ1v) is 13.1. The first-order valence-electron chi connectivity index (χ1n) is 11.3. The highest BCUT2D eigenvalue weighted by Gasteiger charge is 2.36. The van der Waals surface area contributed by atoms with Crippen molar-refractivity contribution in [3.05, 3.63) is 102 Å². The molecule has 178 valence electrons. The Bertz CT molecular complexity index is 1490. The summed E-state index contributed by atoms with van der Waals surface area (Å²) in [6, 6.07) is 25.0. The third-order valence-corrected chi connectivity index (χ3v) is 7.08. The van der Waals surface area contributed by atoms with E-state index >= 15 is 0 Å². The second kappa shape index (κ2) is 9.03. The van der Waals surface area contributed by atoms with E-state index in [1.54, 1.807) is 11.8 Å². The van der Waals surface area contributed by atoms with E-state index in [9.17, 15) is 8.42 Å². The molecule has 0 bridgehead atoms. The third kappa shape index (κ3) is 4.57. The molecule has 5 rings (SSSR count). The Morgan fingerprint density at radius 2 is 1.71 bits per heavy atom. The Hall–Kier alpha value is -3.91. The maximum absolute atomic E-state index is 12.7. The van der Waals surface area contributed by atoms with E-state index in [1.807, 2.05) is 92.0 Å². The molecular weight excluding hydrogens is 460 g/mol. The highest BCUT2D eigenvalue weighted by molar-refractivity contribution is 7.88. The Morgan fingerprint density at radius 1 is 0.971 bits per heavy atom. The van der Waals surface area contributed by atoms with Crippen LogP contribution in [0.25, 0.3) is 16.9 Å². The van der Waals surface area contributed by atoms with Gasteiger partial charge in [0.2, 0.25) is 10.0 Å². The van der Waals surface area contributed by atoms with Gasteiger partial charge in [-0.3, -0.25) is 0 Å². The summed E-state index contributed by atoms with van der Waals surface area (Å²) in [5.74, 6) is 0.714. The molecule has 4 aromatic rings. The summed E-state index contributed by atoms with van der Waals surface area (Å²) in [5.41, 5.74) is 5.94. The van der Waals surface area contributed by atoms with Gasteiger partial charge in [0.15, 0.2) is 0 Å². The van der Waals surface area contributed by atoms with E-state index in [0.717, 1.165) is 27.9 Å². The quantitative estimate of drug-likeness (QED) is 0.386. The van der Waals surface area contributed by atoms with Gasteiger partial charge >= 0.3 is 0 Å². The Morgan fingerprint density at radius 3 is 2.40 bits per heavy atom. The number of sulfonamides is 1. The summed E-state index contributed by atoms with van der Waals surface area (Å²) >= 11 is 0. The molecule has 1 aliphatic heterocycles. The van der Waals surface area contributed by atoms with Crippen LogP contribution in [0.3, 0.4) is 0 Å². The fourth-order valence-electron chi connectivity index (χ4n) is 4.28. The molecule has 8 heteroatoms. The predicted octanol–water partition coefficient (Wildman–Crippen LogP) is 4.97. The van der Waals surface area contributed by atoms with Crippen molar-refractivity contribution in [1.29, 1.82) is 0 Å². The average Bonchev–Trinajstić information content (AvgIpc) is 3.50. The van der Waals surface area contributed by atoms with Crippen LogP contribution in [0.2, 0.25) is 0 Å². The molecule has 35 heavy (non-hydrogen) atoms. The van der Waals surface area contributed by atoms with Crippen molar-refractivity contribution < 1.29 is 13.2 Å². The van der Waals surface area contributed by atoms with Crippen LogP contribution in [0.4, 0.5) is 0 Å². The number of hydrogen-bond acceptors (Lipinski definition) is 5. The number of aromatic nitrogens is 2. The average molecular weight is 487 g/mol. The molecule has 1 aromatic heterocycles. The van der Waals surface area contributed by atoms with Gasteiger partial charge in [0, 0.05) is 23.7 Å². The van der Waals surface area contributed by atoms with Crippen LogP contribution in [-0.4, -0.2) is 41.7 Å². The Labute approximate surface area is 205 Å². The number of para-hydroxylation sites is 1. The molecule has 0 aliphatic carbocycles. The maximum Gasteiger partial charge on any atom is 0.247 e. The summed E-state index contributed by atoms with van der Waals surface area (Å²) in [7, 11) is -1.96. The summed E-state index contributed by atoms with van der Waals surface area (Å²) in [4.78, 5) is 0. The van der Waals surface area contributed by atoms with Gasteiger partial charge in [0.05, 0.1) is 30.8 Å². The van der Waals surface area contributed by atoms with Crippen molar-refractivity contribution in [2.24, 2.45) is 5.10 Å². The number of methoxy groups -OCH3 is 1. The number of hydrogen-bond donors (Lipinski definition) is 0. The Kier molecular flexibility index (Phi) is 5.90. The highest BCUT2D eigenvalue weighted by atomic mass is 32.2. The van der Waals surface area contributed by atoms with E-state index < -0.39 is 16.1 Å². The second-order valence-corrected chi connectivity index (χ2v) is 10.5. The van der Waals surface area contributed by atoms with Gasteiger partial charge in [-0.2, -0.15) is 14.6 Å². The monoisotopic (exact) mass is 486 g/mol. The molecule has 0 amide bonds. The first-order chi connectivity index (χ1) is 16.8. The minimum Gasteiger partial charge on any atom is -0.497 e. The van der Waals surface area contributed by atoms with Gasteiger partial charge < -0.3 is 4.74 Å². The lowest BCUT2D eigenvalue weighted by atomic mass is 9.97. The largest absolute Gasteiger partial charge is 0.497 e. The molecule has 0 spiro atoms. The molecule has 0 radical (unpaired) electrons. The number of rotatable bonds is 6. The van der Waals surface area contributed by atoms with Crippen molar-refractivity contribution in [3.8, 4) is 22.7 Å². The second-order valence-electron chi connectivity index (χ2n) is 8.62. The van der Waals surface area contributed by atoms with Crippen molar-refractivity contribution in [3.63, 3.8) is 0 Å². The molecule has 2 heterocycles. The zero-order chi connectivity index (χ0) is 24.6. The minimum absolute atomic E-state index is 0.418. The van der Waals surface area contributed by atoms with Gasteiger partial charge in [-0.1, -0.05) is 60.2 Å². The van der Waals surface area contributed by atoms with E-state index in [4.69, 9.17) is 9.84 Å². The molecule has 3 aromatic carbocycles. The predicted molar refractivity (Wildman–Crippen MR) is 137 cm³/mol. The smallest absolute Gasteiger partial charge is 0.247 e. The van der Waals surface area contributed by atoms with Crippen LogP contribution >= 0.6 is 0 Å². The number of hydrazone groups is 1. The summed E-state index contributed by atoms with van der Waals surface area (Å²) in [6.45, 7) is 2.01. The van der Waals surface area contributed by atoms with Crippen LogP contribution in [0.1, 0.15) is 29.2 Å². The van der Waals surface area contributed by atoms with E-state index in [1.165, 1.54) is 10.7 Å². The zero-order valence-corrected chi connectivity index (χ0v) is 20.6. The lowest BCUT2D eigenvalue weighted by Gasteiger charge is -2.21. The molecule has 0 saturated heterocycles. The van der Waals surface area contributed by atoms with Crippen molar-refractivity contribution in [2.75, 3.05) is 13.4 Å². The SMILES string of the molecule is COc1cccc(-c2nn(-c3ccccc3)cc2C2=NN(S(C)(=O)=O)C(c3ccc(C)cc3)C2)c1. The van der Waals surface area contributed by atoms with Crippen molar-refractivity contribution in [1.82, 2.24) is 14.2 Å². The fourth-order valence-corrected chi connectivity index (χ4v) is 5.18. The van der Waals surface area contributed by atoms with Crippen LogP contribution < -0.4 is 4.74 Å². The molecule has 0 fully saturated rings. The number of nitrogens with zero attached hydrogens (tertiary/aromatic N) is 4. The van der Waals surface area contributed by atoms with Gasteiger partial charge in [-0.25, -0.2) is 13.1 Å². The lowest BCUT2D eigenvalue weighted by molar-refractivity contribution is 0.375. The third-order valence-electron chi connectivity index (χ3n) is 6.06. The topological polar surface area (TPSA) is 76.8 Å². The Balaban J connectivity index is 1.64. The molecule has 0 N–H and O–H groups in total. The molecule has 1 atom stereocenters. The van der Waals surface area contributed by atoms with Gasteiger partial charge in [-0.15, -0.1) is 0 Å². The molecular formula is C27H26N4O3S. The van der Waals surface area contributed by atoms with Gasteiger partial charge in [0.1, 0.15) is 11.4 Å². The van der Waals surface area contributed by atoms with Gasteiger partial charge in [0.25, 0.3) is 0 Å². The highest BCUT2D eigenvalue weighted by Crippen LogP contribution is 2.37. The van der Waals surface area contributed by atoms with Gasteiger partial charge in [-0.05, 0) is 36.8 Å². The van der Waals surface area contributed by atoms with Crippen LogP contribution in [0.5, 0.6) is 5.75 Å². The number of ether oxygens (including phenoxy) is 1. The molecule has 1 aliphatic rings. The standard InChI is InChI=1S/C27H26N4O3S/c1-19-12-14-20(15-13-19)26-17-25(28-31(26)35(3,32)33)24-18-30(22-9-5-4-6-10-22)29-27(24)21-8-7-11-23(16-21)34-2/h4-16,18,26H,17H2,1-3H3. The molecule has 1 unspecified atom stereocenters. The van der Waals surface area contributed by atoms with Crippen LogP contribution in [0, 0.1) is 6.92 Å². The summed E-state index contributed by atoms with van der Waals surface area (Å²) < 4.78 is 33.9.